The number of aryl methyl sites for hydroxylation is 1. The molecule has 0 spiro atoms. The molecular weight excluding hydrogens is 196 g/mol. The van der Waals surface area contributed by atoms with Gasteiger partial charge >= 0.3 is 0 Å². The fourth-order valence-corrected chi connectivity index (χ4v) is 1.96. The Labute approximate surface area is 95.7 Å². The van der Waals surface area contributed by atoms with Crippen molar-refractivity contribution in [3.63, 3.8) is 0 Å². The highest BCUT2D eigenvalue weighted by Crippen LogP contribution is 2.30. The third-order valence-corrected chi connectivity index (χ3v) is 3.14. The van der Waals surface area contributed by atoms with E-state index in [1.807, 2.05) is 6.92 Å². The van der Waals surface area contributed by atoms with Gasteiger partial charge in [-0.3, -0.25) is 4.98 Å². The second kappa shape index (κ2) is 3.78. The molecule has 0 saturated heterocycles. The number of nitrogens with zero attached hydrogens (tertiary/aromatic N) is 1. The van der Waals surface area contributed by atoms with E-state index in [2.05, 4.69) is 40.6 Å². The first kappa shape index (κ1) is 9.64. The molecule has 1 aromatic heterocycles. The summed E-state index contributed by atoms with van der Waals surface area (Å²) in [5.41, 5.74) is 3.35. The summed E-state index contributed by atoms with van der Waals surface area (Å²) in [5.74, 6) is 0.889. The van der Waals surface area contributed by atoms with E-state index in [-0.39, 0.29) is 0 Å². The Kier molecular flexibility index (Phi) is 2.28. The molecule has 1 aromatic carbocycles. The number of aromatic nitrogens is 1. The summed E-state index contributed by atoms with van der Waals surface area (Å²) in [5, 5.41) is 4.73. The van der Waals surface area contributed by atoms with E-state index in [0.717, 1.165) is 23.7 Å². The SMILES string of the molecule is Cc1ccc2cccc(NCC3CC3)c2n1. The summed E-state index contributed by atoms with van der Waals surface area (Å²) in [6, 6.07) is 10.5. The van der Waals surface area contributed by atoms with Crippen molar-refractivity contribution in [2.24, 2.45) is 5.92 Å². The van der Waals surface area contributed by atoms with Gasteiger partial charge in [0, 0.05) is 17.6 Å². The lowest BCUT2D eigenvalue weighted by Gasteiger charge is -2.08. The number of hydrogen-bond donors (Lipinski definition) is 1. The predicted molar refractivity (Wildman–Crippen MR) is 67.7 cm³/mol. The number of fused-ring (bicyclic) bond motifs is 1. The maximum atomic E-state index is 4.61. The van der Waals surface area contributed by atoms with Gasteiger partial charge in [0.25, 0.3) is 0 Å². The van der Waals surface area contributed by atoms with E-state index >= 15 is 0 Å². The summed E-state index contributed by atoms with van der Waals surface area (Å²) in [6.07, 6.45) is 2.76. The molecule has 1 N–H and O–H groups in total. The lowest BCUT2D eigenvalue weighted by atomic mass is 10.1. The molecule has 1 aliphatic rings. The molecule has 0 amide bonds. The summed E-state index contributed by atoms with van der Waals surface area (Å²) < 4.78 is 0. The van der Waals surface area contributed by atoms with Gasteiger partial charge in [-0.25, -0.2) is 0 Å². The normalized spacial score (nSPS) is 15.3. The monoisotopic (exact) mass is 212 g/mol. The van der Waals surface area contributed by atoms with Gasteiger partial charge in [0.1, 0.15) is 0 Å². The summed E-state index contributed by atoms with van der Waals surface area (Å²) in [6.45, 7) is 3.13. The van der Waals surface area contributed by atoms with Gasteiger partial charge in [-0.1, -0.05) is 18.2 Å². The molecule has 0 aliphatic heterocycles. The minimum absolute atomic E-state index is 0.889. The number of anilines is 1. The highest BCUT2D eigenvalue weighted by atomic mass is 14.9. The first-order valence-corrected chi connectivity index (χ1v) is 5.93. The van der Waals surface area contributed by atoms with Gasteiger partial charge in [-0.15, -0.1) is 0 Å². The van der Waals surface area contributed by atoms with E-state index in [9.17, 15) is 0 Å². The van der Waals surface area contributed by atoms with E-state index in [1.165, 1.54) is 23.9 Å². The fraction of sp³-hybridized carbons (Fsp3) is 0.357. The molecule has 0 atom stereocenters. The maximum Gasteiger partial charge on any atom is 0.0936 e. The van der Waals surface area contributed by atoms with Crippen LogP contribution in [0.3, 0.4) is 0 Å². The van der Waals surface area contributed by atoms with E-state index in [1.54, 1.807) is 0 Å². The molecule has 2 heteroatoms. The van der Waals surface area contributed by atoms with Crippen LogP contribution in [0.25, 0.3) is 10.9 Å². The molecule has 3 rings (SSSR count). The van der Waals surface area contributed by atoms with E-state index in [4.69, 9.17) is 0 Å². The topological polar surface area (TPSA) is 24.9 Å². The molecule has 82 valence electrons. The highest BCUT2D eigenvalue weighted by molar-refractivity contribution is 5.90. The average molecular weight is 212 g/mol. The first-order valence-electron chi connectivity index (χ1n) is 5.93. The van der Waals surface area contributed by atoms with Crippen molar-refractivity contribution in [1.29, 1.82) is 0 Å². The zero-order valence-electron chi connectivity index (χ0n) is 9.53. The van der Waals surface area contributed by atoms with Crippen LogP contribution in [0.2, 0.25) is 0 Å². The van der Waals surface area contributed by atoms with Gasteiger partial charge in [-0.2, -0.15) is 0 Å². The van der Waals surface area contributed by atoms with Crippen molar-refractivity contribution in [2.75, 3.05) is 11.9 Å². The number of hydrogen-bond acceptors (Lipinski definition) is 2. The quantitative estimate of drug-likeness (QED) is 0.843. The van der Waals surface area contributed by atoms with Crippen LogP contribution < -0.4 is 5.32 Å². The minimum Gasteiger partial charge on any atom is -0.383 e. The molecule has 2 aromatic rings. The van der Waals surface area contributed by atoms with Crippen LogP contribution in [-0.2, 0) is 0 Å². The van der Waals surface area contributed by atoms with Crippen LogP contribution in [0.15, 0.2) is 30.3 Å². The van der Waals surface area contributed by atoms with E-state index in [0.29, 0.717) is 0 Å². The maximum absolute atomic E-state index is 4.61. The van der Waals surface area contributed by atoms with Gasteiger partial charge in [0.15, 0.2) is 0 Å². The number of nitrogens with one attached hydrogen (secondary N) is 1. The molecule has 1 fully saturated rings. The highest BCUT2D eigenvalue weighted by Gasteiger charge is 2.20. The molecule has 16 heavy (non-hydrogen) atoms. The molecule has 1 aliphatic carbocycles. The van der Waals surface area contributed by atoms with Crippen LogP contribution in [0.4, 0.5) is 5.69 Å². The average Bonchev–Trinajstić information content (AvgIpc) is 3.10. The summed E-state index contributed by atoms with van der Waals surface area (Å²) >= 11 is 0. The molecule has 2 nitrogen and oxygen atoms in total. The van der Waals surface area contributed by atoms with Crippen LogP contribution in [-0.4, -0.2) is 11.5 Å². The smallest absolute Gasteiger partial charge is 0.0936 e. The third-order valence-electron chi connectivity index (χ3n) is 3.14. The summed E-state index contributed by atoms with van der Waals surface area (Å²) in [4.78, 5) is 4.61. The molecule has 0 radical (unpaired) electrons. The van der Waals surface area contributed by atoms with Crippen LogP contribution in [0.1, 0.15) is 18.5 Å². The lowest BCUT2D eigenvalue weighted by molar-refractivity contribution is 0.890. The number of rotatable bonds is 3. The second-order valence-electron chi connectivity index (χ2n) is 4.65. The van der Waals surface area contributed by atoms with Crippen molar-refractivity contribution in [3.05, 3.63) is 36.0 Å². The Bertz CT molecular complexity index is 515. The molecule has 0 bridgehead atoms. The van der Waals surface area contributed by atoms with Crippen molar-refractivity contribution < 1.29 is 0 Å². The number of pyridine rings is 1. The molecule has 0 unspecified atom stereocenters. The van der Waals surface area contributed by atoms with Gasteiger partial charge in [0.2, 0.25) is 0 Å². The Hall–Kier alpha value is -1.57. The second-order valence-corrected chi connectivity index (χ2v) is 4.65. The molecular formula is C14H16N2. The third kappa shape index (κ3) is 1.87. The molecule has 1 heterocycles. The minimum atomic E-state index is 0.889. The predicted octanol–water partition coefficient (Wildman–Crippen LogP) is 3.37. The Morgan fingerprint density at radius 2 is 2.12 bits per heavy atom. The zero-order chi connectivity index (χ0) is 11.0. The summed E-state index contributed by atoms with van der Waals surface area (Å²) in [7, 11) is 0. The Morgan fingerprint density at radius 1 is 1.25 bits per heavy atom. The standard InChI is InChI=1S/C14H16N2/c1-10-5-8-12-3-2-4-13(14(12)16-10)15-9-11-6-7-11/h2-5,8,11,15H,6-7,9H2,1H3. The van der Waals surface area contributed by atoms with Crippen LogP contribution >= 0.6 is 0 Å². The van der Waals surface area contributed by atoms with Crippen LogP contribution in [0, 0.1) is 12.8 Å². The van der Waals surface area contributed by atoms with Crippen molar-refractivity contribution in [1.82, 2.24) is 4.98 Å². The first-order chi connectivity index (χ1) is 7.83. The van der Waals surface area contributed by atoms with Gasteiger partial charge in [0.05, 0.1) is 11.2 Å². The lowest BCUT2D eigenvalue weighted by Crippen LogP contribution is -2.04. The fourth-order valence-electron chi connectivity index (χ4n) is 1.96. The largest absolute Gasteiger partial charge is 0.383 e. The number of para-hydroxylation sites is 1. The van der Waals surface area contributed by atoms with Crippen molar-refractivity contribution in [3.8, 4) is 0 Å². The van der Waals surface area contributed by atoms with Crippen molar-refractivity contribution >= 4 is 16.6 Å². The van der Waals surface area contributed by atoms with Gasteiger partial charge < -0.3 is 5.32 Å². The van der Waals surface area contributed by atoms with Crippen molar-refractivity contribution in [2.45, 2.75) is 19.8 Å². The molecule has 1 saturated carbocycles. The van der Waals surface area contributed by atoms with Crippen LogP contribution in [0.5, 0.6) is 0 Å². The van der Waals surface area contributed by atoms with E-state index < -0.39 is 0 Å². The number of benzene rings is 1. The Balaban J connectivity index is 1.97. The van der Waals surface area contributed by atoms with Gasteiger partial charge in [-0.05, 0) is 37.8 Å². The Morgan fingerprint density at radius 3 is 2.94 bits per heavy atom. The zero-order valence-corrected chi connectivity index (χ0v) is 9.53.